The summed E-state index contributed by atoms with van der Waals surface area (Å²) in [4.78, 5) is 21.5. The first-order valence-electron chi connectivity index (χ1n) is 9.86. The summed E-state index contributed by atoms with van der Waals surface area (Å²) in [6.45, 7) is 5.58. The van der Waals surface area contributed by atoms with Gasteiger partial charge in [0.1, 0.15) is 5.82 Å². The van der Waals surface area contributed by atoms with Crippen LogP contribution in [0.1, 0.15) is 47.3 Å². The van der Waals surface area contributed by atoms with Crippen LogP contribution in [0.25, 0.3) is 17.3 Å². The molecule has 0 aliphatic rings. The van der Waals surface area contributed by atoms with Crippen LogP contribution in [-0.2, 0) is 6.42 Å². The van der Waals surface area contributed by atoms with Crippen LogP contribution < -0.4 is 5.32 Å². The lowest BCUT2D eigenvalue weighted by molar-refractivity contribution is 0.0939. The quantitative estimate of drug-likeness (QED) is 0.509. The van der Waals surface area contributed by atoms with Gasteiger partial charge in [0.15, 0.2) is 11.6 Å². The van der Waals surface area contributed by atoms with Crippen molar-refractivity contribution in [2.75, 3.05) is 0 Å². The average molecular weight is 420 g/mol. The van der Waals surface area contributed by atoms with Gasteiger partial charge >= 0.3 is 0 Å². The van der Waals surface area contributed by atoms with Gasteiger partial charge in [0, 0.05) is 18.2 Å². The van der Waals surface area contributed by atoms with Gasteiger partial charge in [0.2, 0.25) is 0 Å². The molecular formula is C22H21FN6O2. The Hall–Kier alpha value is -3.88. The van der Waals surface area contributed by atoms with Crippen molar-refractivity contribution < 1.29 is 13.7 Å². The number of hydrogen-bond donors (Lipinski definition) is 1. The molecule has 4 rings (SSSR count). The van der Waals surface area contributed by atoms with E-state index < -0.39 is 0 Å². The number of nitrogens with one attached hydrogen (secondary N) is 1. The minimum absolute atomic E-state index is 0.277. The Labute approximate surface area is 178 Å². The van der Waals surface area contributed by atoms with E-state index in [4.69, 9.17) is 4.52 Å². The van der Waals surface area contributed by atoms with Crippen molar-refractivity contribution in [2.45, 2.75) is 33.2 Å². The lowest BCUT2D eigenvalue weighted by Crippen LogP contribution is -2.27. The summed E-state index contributed by atoms with van der Waals surface area (Å²) in [5.74, 6) is 0.952. The van der Waals surface area contributed by atoms with Crippen LogP contribution in [0.3, 0.4) is 0 Å². The normalized spacial score (nSPS) is 12.0. The fraction of sp³-hybridized carbons (Fsp3) is 0.227. The number of benzene rings is 1. The molecule has 31 heavy (non-hydrogen) atoms. The van der Waals surface area contributed by atoms with E-state index >= 15 is 0 Å². The van der Waals surface area contributed by atoms with Gasteiger partial charge in [-0.2, -0.15) is 10.1 Å². The van der Waals surface area contributed by atoms with E-state index in [-0.39, 0.29) is 17.8 Å². The molecule has 0 spiro atoms. The second-order valence-corrected chi connectivity index (χ2v) is 7.07. The van der Waals surface area contributed by atoms with Crippen molar-refractivity contribution in [1.29, 1.82) is 0 Å². The van der Waals surface area contributed by atoms with Gasteiger partial charge in [0.05, 0.1) is 23.5 Å². The van der Waals surface area contributed by atoms with Crippen molar-refractivity contribution >= 4 is 5.91 Å². The van der Waals surface area contributed by atoms with E-state index in [9.17, 15) is 9.18 Å². The Balaban J connectivity index is 1.56. The number of halogens is 1. The average Bonchev–Trinajstić information content (AvgIpc) is 3.41. The highest BCUT2D eigenvalue weighted by Gasteiger charge is 2.19. The van der Waals surface area contributed by atoms with E-state index in [1.807, 2.05) is 13.8 Å². The van der Waals surface area contributed by atoms with E-state index in [1.165, 1.54) is 18.3 Å². The monoisotopic (exact) mass is 420 g/mol. The zero-order valence-corrected chi connectivity index (χ0v) is 17.3. The van der Waals surface area contributed by atoms with Crippen LogP contribution in [-0.4, -0.2) is 30.8 Å². The number of pyridine rings is 1. The second-order valence-electron chi connectivity index (χ2n) is 7.07. The standard InChI is InChI=1S/C22H21FN6O2/c1-4-19-27-22(31-28-19)16-9-10-24-20(11-16)29-14(3)18(12-25-29)21(30)26-13(2)15-5-7-17(23)8-6-15/h5-13H,4H2,1-3H3,(H,26,30)/t13-/m1/s1. The molecule has 158 valence electrons. The summed E-state index contributed by atoms with van der Waals surface area (Å²) >= 11 is 0. The number of aromatic nitrogens is 5. The first kappa shape index (κ1) is 20.4. The molecule has 3 heterocycles. The molecule has 0 aliphatic heterocycles. The molecule has 4 aromatic rings. The maximum atomic E-state index is 13.1. The Kier molecular flexibility index (Phi) is 5.57. The van der Waals surface area contributed by atoms with E-state index in [0.717, 1.165) is 5.56 Å². The summed E-state index contributed by atoms with van der Waals surface area (Å²) in [5, 5.41) is 11.2. The van der Waals surface area contributed by atoms with Crippen molar-refractivity contribution in [3.63, 3.8) is 0 Å². The maximum Gasteiger partial charge on any atom is 0.258 e. The SMILES string of the molecule is CCc1noc(-c2ccnc(-n3ncc(C(=O)N[C@H](C)c4ccc(F)cc4)c3C)c2)n1. The molecule has 1 amide bonds. The predicted molar refractivity (Wildman–Crippen MR) is 111 cm³/mol. The van der Waals surface area contributed by atoms with Crippen LogP contribution in [0.2, 0.25) is 0 Å². The van der Waals surface area contributed by atoms with Gasteiger partial charge in [-0.1, -0.05) is 24.2 Å². The predicted octanol–water partition coefficient (Wildman–Crippen LogP) is 3.82. The molecular weight excluding hydrogens is 399 g/mol. The number of carbonyl (C=O) groups is 1. The van der Waals surface area contributed by atoms with Crippen molar-refractivity contribution in [1.82, 2.24) is 30.2 Å². The fourth-order valence-corrected chi connectivity index (χ4v) is 3.15. The molecule has 0 saturated carbocycles. The summed E-state index contributed by atoms with van der Waals surface area (Å²) in [7, 11) is 0. The van der Waals surface area contributed by atoms with Gasteiger partial charge in [0.25, 0.3) is 11.8 Å². The molecule has 0 aliphatic carbocycles. The number of hydrogen-bond acceptors (Lipinski definition) is 6. The van der Waals surface area contributed by atoms with Crippen LogP contribution >= 0.6 is 0 Å². The molecule has 3 aromatic heterocycles. The van der Waals surface area contributed by atoms with Gasteiger partial charge in [-0.3, -0.25) is 4.79 Å². The van der Waals surface area contributed by atoms with E-state index in [1.54, 1.807) is 42.1 Å². The van der Waals surface area contributed by atoms with Gasteiger partial charge in [-0.25, -0.2) is 14.1 Å². The molecule has 0 bridgehead atoms. The minimum Gasteiger partial charge on any atom is -0.345 e. The number of rotatable bonds is 6. The van der Waals surface area contributed by atoms with E-state index in [0.29, 0.717) is 40.8 Å². The second kappa shape index (κ2) is 8.47. The zero-order valence-electron chi connectivity index (χ0n) is 17.3. The molecule has 0 fully saturated rings. The molecule has 0 radical (unpaired) electrons. The zero-order chi connectivity index (χ0) is 22.0. The number of amides is 1. The summed E-state index contributed by atoms with van der Waals surface area (Å²) in [6.07, 6.45) is 3.80. The van der Waals surface area contributed by atoms with Gasteiger partial charge in [-0.05, 0) is 43.7 Å². The third-order valence-corrected chi connectivity index (χ3v) is 4.97. The number of aryl methyl sites for hydroxylation is 1. The lowest BCUT2D eigenvalue weighted by Gasteiger charge is -2.14. The summed E-state index contributed by atoms with van der Waals surface area (Å²) in [5.41, 5.74) is 2.57. The van der Waals surface area contributed by atoms with Crippen molar-refractivity contribution in [3.05, 3.63) is 77.3 Å². The van der Waals surface area contributed by atoms with Gasteiger partial charge in [-0.15, -0.1) is 0 Å². The highest BCUT2D eigenvalue weighted by atomic mass is 19.1. The molecule has 1 aromatic carbocycles. The third-order valence-electron chi connectivity index (χ3n) is 4.97. The van der Waals surface area contributed by atoms with Crippen LogP contribution in [0.5, 0.6) is 0 Å². The highest BCUT2D eigenvalue weighted by Crippen LogP contribution is 2.21. The number of nitrogens with zero attached hydrogens (tertiary/aromatic N) is 5. The smallest absolute Gasteiger partial charge is 0.258 e. The first-order valence-corrected chi connectivity index (χ1v) is 9.86. The summed E-state index contributed by atoms with van der Waals surface area (Å²) < 4.78 is 20.0. The Morgan fingerprint density at radius 2 is 2.03 bits per heavy atom. The molecule has 0 saturated heterocycles. The molecule has 1 atom stereocenters. The summed E-state index contributed by atoms with van der Waals surface area (Å²) in [6, 6.07) is 9.28. The third kappa shape index (κ3) is 4.20. The van der Waals surface area contributed by atoms with Crippen LogP contribution in [0.15, 0.2) is 53.3 Å². The van der Waals surface area contributed by atoms with Crippen molar-refractivity contribution in [2.24, 2.45) is 0 Å². The molecule has 0 unspecified atom stereocenters. The lowest BCUT2D eigenvalue weighted by atomic mass is 10.1. The minimum atomic E-state index is -0.319. The van der Waals surface area contributed by atoms with Crippen molar-refractivity contribution in [3.8, 4) is 17.3 Å². The van der Waals surface area contributed by atoms with Gasteiger partial charge < -0.3 is 9.84 Å². The topological polar surface area (TPSA) is 98.7 Å². The van der Waals surface area contributed by atoms with Crippen LogP contribution in [0, 0.1) is 12.7 Å². The first-order chi connectivity index (χ1) is 15.0. The van der Waals surface area contributed by atoms with Crippen LogP contribution in [0.4, 0.5) is 4.39 Å². The largest absolute Gasteiger partial charge is 0.345 e. The Morgan fingerprint density at radius 1 is 1.26 bits per heavy atom. The highest BCUT2D eigenvalue weighted by molar-refractivity contribution is 5.95. The Bertz CT molecular complexity index is 1210. The maximum absolute atomic E-state index is 13.1. The fourth-order valence-electron chi connectivity index (χ4n) is 3.15. The molecule has 9 heteroatoms. The molecule has 8 nitrogen and oxygen atoms in total. The Morgan fingerprint density at radius 3 is 2.74 bits per heavy atom. The van der Waals surface area contributed by atoms with E-state index in [2.05, 4.69) is 25.5 Å². The molecule has 1 N–H and O–H groups in total. The number of carbonyl (C=O) groups excluding carboxylic acids is 1.